The van der Waals surface area contributed by atoms with Gasteiger partial charge < -0.3 is 9.64 Å². The highest BCUT2D eigenvalue weighted by Gasteiger charge is 2.24. The average Bonchev–Trinajstić information content (AvgIpc) is 2.74. The number of aryl methyl sites for hydroxylation is 1. The van der Waals surface area contributed by atoms with E-state index in [2.05, 4.69) is 64.7 Å². The predicted octanol–water partition coefficient (Wildman–Crippen LogP) is 5.33. The van der Waals surface area contributed by atoms with Crippen molar-refractivity contribution in [3.63, 3.8) is 0 Å². The molecule has 1 unspecified atom stereocenters. The van der Waals surface area contributed by atoms with E-state index >= 15 is 0 Å². The lowest BCUT2D eigenvalue weighted by Crippen LogP contribution is -2.29. The summed E-state index contributed by atoms with van der Waals surface area (Å²) in [6.07, 6.45) is 17.6. The second-order valence-electron chi connectivity index (χ2n) is 7.13. The number of aromatic nitrogens is 1. The van der Waals surface area contributed by atoms with Gasteiger partial charge in [-0.3, -0.25) is 4.98 Å². The second kappa shape index (κ2) is 8.26. The minimum Gasteiger partial charge on any atom is -0.497 e. The molecule has 2 heterocycles. The summed E-state index contributed by atoms with van der Waals surface area (Å²) in [6, 6.07) is 13.0. The van der Waals surface area contributed by atoms with E-state index in [0.717, 1.165) is 43.7 Å². The average molecular weight is 358 g/mol. The highest BCUT2D eigenvalue weighted by atomic mass is 16.5. The zero-order valence-corrected chi connectivity index (χ0v) is 15.8. The van der Waals surface area contributed by atoms with Gasteiger partial charge in [-0.2, -0.15) is 0 Å². The van der Waals surface area contributed by atoms with E-state index in [1.165, 1.54) is 16.7 Å². The first-order chi connectivity index (χ1) is 13.3. The van der Waals surface area contributed by atoms with Gasteiger partial charge in [0.1, 0.15) is 5.75 Å². The van der Waals surface area contributed by atoms with Crippen molar-refractivity contribution in [3.8, 4) is 5.75 Å². The van der Waals surface area contributed by atoms with Gasteiger partial charge in [0.25, 0.3) is 0 Å². The summed E-state index contributed by atoms with van der Waals surface area (Å²) >= 11 is 0. The molecule has 0 saturated carbocycles. The van der Waals surface area contributed by atoms with Crippen LogP contribution in [0.5, 0.6) is 5.75 Å². The van der Waals surface area contributed by atoms with E-state index in [4.69, 9.17) is 4.74 Å². The molecule has 27 heavy (non-hydrogen) atoms. The van der Waals surface area contributed by atoms with E-state index in [1.54, 1.807) is 7.11 Å². The highest BCUT2D eigenvalue weighted by Crippen LogP contribution is 2.33. The normalized spacial score (nSPS) is 18.2. The van der Waals surface area contributed by atoms with Gasteiger partial charge in [-0.25, -0.2) is 0 Å². The summed E-state index contributed by atoms with van der Waals surface area (Å²) < 4.78 is 5.27. The first kappa shape index (κ1) is 17.6. The number of benzene rings is 1. The van der Waals surface area contributed by atoms with E-state index in [1.807, 2.05) is 18.3 Å². The maximum atomic E-state index is 5.27. The zero-order chi connectivity index (χ0) is 18.5. The Kier molecular flexibility index (Phi) is 5.38. The van der Waals surface area contributed by atoms with Gasteiger partial charge in [0.2, 0.25) is 0 Å². The maximum absolute atomic E-state index is 5.27. The molecule has 1 aliphatic heterocycles. The summed E-state index contributed by atoms with van der Waals surface area (Å²) in [5.41, 5.74) is 5.18. The van der Waals surface area contributed by atoms with Crippen LogP contribution >= 0.6 is 0 Å². The molecular weight excluding hydrogens is 332 g/mol. The van der Waals surface area contributed by atoms with Crippen LogP contribution in [0, 0.1) is 0 Å². The molecular formula is C24H26N2O. The molecule has 138 valence electrons. The smallest absolute Gasteiger partial charge is 0.118 e. The van der Waals surface area contributed by atoms with Crippen LogP contribution in [0.2, 0.25) is 0 Å². The molecule has 0 fully saturated rings. The summed E-state index contributed by atoms with van der Waals surface area (Å²) in [5, 5.41) is 0. The molecule has 1 aromatic carbocycles. The number of hydrogen-bond acceptors (Lipinski definition) is 3. The van der Waals surface area contributed by atoms with Gasteiger partial charge in [0, 0.05) is 24.5 Å². The van der Waals surface area contributed by atoms with Crippen molar-refractivity contribution < 1.29 is 4.74 Å². The topological polar surface area (TPSA) is 25.4 Å². The molecule has 0 radical (unpaired) electrons. The van der Waals surface area contributed by atoms with E-state index in [9.17, 15) is 0 Å². The standard InChI is InChI=1S/C24H26N2O/c1-27-21-12-9-19(10-13-21)11-14-24-22-8-5-16-25-23(22)15-17-26(24)18-20-6-3-2-4-7-20/h3,5-10,12-13,15-17,24H,2,4,11,14,18H2,1H3. The van der Waals surface area contributed by atoms with Crippen molar-refractivity contribution in [2.24, 2.45) is 0 Å². The monoisotopic (exact) mass is 358 g/mol. The molecule has 0 spiro atoms. The number of nitrogens with zero attached hydrogens (tertiary/aromatic N) is 2. The van der Waals surface area contributed by atoms with Crippen LogP contribution in [0.25, 0.3) is 6.08 Å². The van der Waals surface area contributed by atoms with Gasteiger partial charge in [-0.05, 0) is 61.1 Å². The van der Waals surface area contributed by atoms with Crippen LogP contribution in [0.4, 0.5) is 0 Å². The fourth-order valence-corrected chi connectivity index (χ4v) is 3.88. The lowest BCUT2D eigenvalue weighted by atomic mass is 9.93. The molecule has 1 aromatic heterocycles. The van der Waals surface area contributed by atoms with E-state index in [-0.39, 0.29) is 0 Å². The lowest BCUT2D eigenvalue weighted by molar-refractivity contribution is 0.283. The Morgan fingerprint density at radius 1 is 1.11 bits per heavy atom. The number of ether oxygens (including phenoxy) is 1. The number of hydrogen-bond donors (Lipinski definition) is 0. The van der Waals surface area contributed by atoms with Crippen molar-refractivity contribution >= 4 is 6.08 Å². The van der Waals surface area contributed by atoms with E-state index in [0.29, 0.717) is 6.04 Å². The third-order valence-corrected chi connectivity index (χ3v) is 5.36. The minimum absolute atomic E-state index is 0.344. The van der Waals surface area contributed by atoms with Crippen LogP contribution in [0.15, 0.2) is 72.6 Å². The van der Waals surface area contributed by atoms with Gasteiger partial charge in [-0.15, -0.1) is 0 Å². The maximum Gasteiger partial charge on any atom is 0.118 e. The summed E-state index contributed by atoms with van der Waals surface area (Å²) in [6.45, 7) is 0.953. The number of allylic oxidation sites excluding steroid dienone is 2. The van der Waals surface area contributed by atoms with Gasteiger partial charge in [0.15, 0.2) is 0 Å². The molecule has 0 saturated heterocycles. The molecule has 4 rings (SSSR count). The SMILES string of the molecule is COc1ccc(CCC2c3cccnc3C=CN2CC2=CCCC=C2)cc1. The fourth-order valence-electron chi connectivity index (χ4n) is 3.88. The Labute approximate surface area is 161 Å². The van der Waals surface area contributed by atoms with Gasteiger partial charge in [0.05, 0.1) is 18.8 Å². The molecule has 3 heteroatoms. The van der Waals surface area contributed by atoms with Gasteiger partial charge in [-0.1, -0.05) is 36.4 Å². The third-order valence-electron chi connectivity index (χ3n) is 5.36. The molecule has 2 aromatic rings. The summed E-state index contributed by atoms with van der Waals surface area (Å²) in [4.78, 5) is 7.04. The van der Waals surface area contributed by atoms with Crippen LogP contribution < -0.4 is 4.74 Å². The van der Waals surface area contributed by atoms with Crippen LogP contribution in [-0.4, -0.2) is 23.5 Å². The van der Waals surface area contributed by atoms with Crippen molar-refractivity contribution in [3.05, 3.63) is 89.4 Å². The predicted molar refractivity (Wildman–Crippen MR) is 110 cm³/mol. The largest absolute Gasteiger partial charge is 0.497 e. The Hall–Kier alpha value is -2.81. The quantitative estimate of drug-likeness (QED) is 0.698. The first-order valence-electron chi connectivity index (χ1n) is 9.71. The van der Waals surface area contributed by atoms with E-state index < -0.39 is 0 Å². The summed E-state index contributed by atoms with van der Waals surface area (Å²) in [7, 11) is 1.71. The Balaban J connectivity index is 1.53. The Bertz CT molecular complexity index is 864. The zero-order valence-electron chi connectivity index (χ0n) is 15.8. The van der Waals surface area contributed by atoms with Crippen molar-refractivity contribution in [1.29, 1.82) is 0 Å². The summed E-state index contributed by atoms with van der Waals surface area (Å²) in [5.74, 6) is 0.909. The van der Waals surface area contributed by atoms with Crippen LogP contribution in [0.3, 0.4) is 0 Å². The fraction of sp³-hybridized carbons (Fsp3) is 0.292. The minimum atomic E-state index is 0.344. The lowest BCUT2D eigenvalue weighted by Gasteiger charge is -2.35. The molecule has 2 aliphatic rings. The highest BCUT2D eigenvalue weighted by molar-refractivity contribution is 5.53. The molecule has 3 nitrogen and oxygen atoms in total. The molecule has 0 amide bonds. The number of fused-ring (bicyclic) bond motifs is 1. The number of methoxy groups -OCH3 is 1. The van der Waals surface area contributed by atoms with Crippen LogP contribution in [0.1, 0.15) is 42.1 Å². The molecule has 0 bridgehead atoms. The van der Waals surface area contributed by atoms with Crippen molar-refractivity contribution in [2.75, 3.05) is 13.7 Å². The number of rotatable bonds is 6. The molecule has 1 atom stereocenters. The Morgan fingerprint density at radius 3 is 2.78 bits per heavy atom. The van der Waals surface area contributed by atoms with Crippen molar-refractivity contribution in [1.82, 2.24) is 9.88 Å². The van der Waals surface area contributed by atoms with Crippen molar-refractivity contribution in [2.45, 2.75) is 31.7 Å². The third kappa shape index (κ3) is 4.13. The molecule has 0 N–H and O–H groups in total. The first-order valence-corrected chi connectivity index (χ1v) is 9.71. The number of pyridine rings is 1. The van der Waals surface area contributed by atoms with Crippen LogP contribution in [-0.2, 0) is 6.42 Å². The second-order valence-corrected chi connectivity index (χ2v) is 7.13. The van der Waals surface area contributed by atoms with Gasteiger partial charge >= 0.3 is 0 Å². The Morgan fingerprint density at radius 2 is 2.00 bits per heavy atom. The molecule has 1 aliphatic carbocycles.